The first-order chi connectivity index (χ1) is 13.5. The summed E-state index contributed by atoms with van der Waals surface area (Å²) < 4.78 is 10.9. The van der Waals surface area contributed by atoms with Gasteiger partial charge in [-0.15, -0.1) is 11.3 Å². The summed E-state index contributed by atoms with van der Waals surface area (Å²) in [4.78, 5) is 37.0. The van der Waals surface area contributed by atoms with Crippen LogP contribution in [0.5, 0.6) is 5.75 Å². The maximum Gasteiger partial charge on any atom is 0.348 e. The van der Waals surface area contributed by atoms with Crippen molar-refractivity contribution in [1.29, 1.82) is 0 Å². The van der Waals surface area contributed by atoms with E-state index in [9.17, 15) is 14.4 Å². The van der Waals surface area contributed by atoms with Crippen LogP contribution in [0.1, 0.15) is 51.9 Å². The minimum Gasteiger partial charge on any atom is -0.481 e. The third-order valence-corrected chi connectivity index (χ3v) is 5.39. The van der Waals surface area contributed by atoms with E-state index in [2.05, 4.69) is 5.32 Å². The zero-order valence-electron chi connectivity index (χ0n) is 16.8. The number of nitrogens with two attached hydrogens (primary N) is 1. The number of hydrogen-bond donors (Lipinski definition) is 2. The van der Waals surface area contributed by atoms with E-state index in [-0.39, 0.29) is 21.5 Å². The number of hydrogen-bond acceptors (Lipinski definition) is 6. The number of anilines is 1. The fraction of sp³-hybridized carbons (Fsp3) is 0.350. The normalized spacial score (nSPS) is 11.8. The minimum atomic E-state index is -0.871. The monoisotopic (exact) mass is 438 g/mol. The maximum absolute atomic E-state index is 12.6. The third-order valence-electron chi connectivity index (χ3n) is 3.97. The molecule has 1 aromatic carbocycles. The second-order valence-electron chi connectivity index (χ2n) is 6.74. The Labute approximate surface area is 178 Å². The Morgan fingerprint density at radius 1 is 1.17 bits per heavy atom. The summed E-state index contributed by atoms with van der Waals surface area (Å²) in [6.07, 6.45) is -1.20. The van der Waals surface area contributed by atoms with Crippen LogP contribution in [-0.4, -0.2) is 30.0 Å². The molecule has 0 fully saturated rings. The van der Waals surface area contributed by atoms with Gasteiger partial charge in [-0.3, -0.25) is 9.59 Å². The molecule has 0 aliphatic heterocycles. The van der Waals surface area contributed by atoms with Crippen molar-refractivity contribution in [3.05, 3.63) is 44.8 Å². The first-order valence-electron chi connectivity index (χ1n) is 8.89. The zero-order valence-corrected chi connectivity index (χ0v) is 18.4. The molecule has 3 N–H and O–H groups in total. The molecular formula is C20H23ClN2O5S. The second-order valence-corrected chi connectivity index (χ2v) is 8.19. The van der Waals surface area contributed by atoms with Crippen molar-refractivity contribution >= 4 is 45.7 Å². The first kappa shape index (κ1) is 22.7. The van der Waals surface area contributed by atoms with Gasteiger partial charge in [0, 0.05) is 5.02 Å². The molecule has 0 unspecified atom stereocenters. The third kappa shape index (κ3) is 5.48. The van der Waals surface area contributed by atoms with Crippen LogP contribution in [0.25, 0.3) is 0 Å². The number of amides is 2. The molecule has 1 heterocycles. The average molecular weight is 439 g/mol. The van der Waals surface area contributed by atoms with Crippen LogP contribution >= 0.6 is 22.9 Å². The Hall–Kier alpha value is -2.58. The Bertz CT molecular complexity index is 955. The summed E-state index contributed by atoms with van der Waals surface area (Å²) in [6.45, 7) is 8.40. The number of ether oxygens (including phenoxy) is 2. The lowest BCUT2D eigenvalue weighted by molar-refractivity contribution is -0.122. The number of aryl methyl sites for hydroxylation is 1. The number of primary amides is 1. The van der Waals surface area contributed by atoms with Gasteiger partial charge in [0.15, 0.2) is 6.10 Å². The average Bonchev–Trinajstić information content (AvgIpc) is 2.93. The summed E-state index contributed by atoms with van der Waals surface area (Å²) in [5.74, 6) is -1.31. The van der Waals surface area contributed by atoms with Gasteiger partial charge in [-0.05, 0) is 63.9 Å². The lowest BCUT2D eigenvalue weighted by atomic mass is 10.1. The van der Waals surface area contributed by atoms with Crippen LogP contribution in [0.4, 0.5) is 5.00 Å². The molecule has 0 bridgehead atoms. The molecule has 1 aromatic heterocycles. The van der Waals surface area contributed by atoms with Gasteiger partial charge >= 0.3 is 5.97 Å². The fourth-order valence-corrected chi connectivity index (χ4v) is 3.89. The van der Waals surface area contributed by atoms with E-state index in [0.717, 1.165) is 16.9 Å². The summed E-state index contributed by atoms with van der Waals surface area (Å²) in [5.41, 5.74) is 6.68. The smallest absolute Gasteiger partial charge is 0.348 e. The Kier molecular flexibility index (Phi) is 7.26. The van der Waals surface area contributed by atoms with Crippen LogP contribution in [-0.2, 0) is 9.53 Å². The molecule has 1 atom stereocenters. The van der Waals surface area contributed by atoms with E-state index in [4.69, 9.17) is 26.8 Å². The molecule has 0 radical (unpaired) electrons. The predicted molar refractivity (Wildman–Crippen MR) is 113 cm³/mol. The molecular weight excluding hydrogens is 416 g/mol. The van der Waals surface area contributed by atoms with Gasteiger partial charge in [-0.2, -0.15) is 0 Å². The van der Waals surface area contributed by atoms with Gasteiger partial charge < -0.3 is 20.5 Å². The van der Waals surface area contributed by atoms with E-state index in [0.29, 0.717) is 16.3 Å². The van der Waals surface area contributed by atoms with Crippen LogP contribution in [0.2, 0.25) is 5.02 Å². The maximum atomic E-state index is 12.6. The van der Waals surface area contributed by atoms with Crippen molar-refractivity contribution < 1.29 is 23.9 Å². The molecule has 0 spiro atoms. The van der Waals surface area contributed by atoms with Crippen molar-refractivity contribution in [2.75, 3.05) is 5.32 Å². The topological polar surface area (TPSA) is 108 Å². The lowest BCUT2D eigenvalue weighted by Gasteiger charge is -2.16. The number of halogens is 1. The standard InChI is InChI=1S/C20H23ClN2O5S/c1-9(2)27-20(26)16-11(4)15(17(22)24)19(29-16)23-18(25)12(5)28-14-7-6-13(21)8-10(14)3/h6-9,12H,1-5H3,(H2,22,24)(H,23,25)/t12-/m1/s1. The lowest BCUT2D eigenvalue weighted by Crippen LogP contribution is -2.30. The molecule has 156 valence electrons. The van der Waals surface area contributed by atoms with E-state index in [1.807, 2.05) is 6.92 Å². The van der Waals surface area contributed by atoms with Gasteiger partial charge in [0.05, 0.1) is 11.7 Å². The number of carbonyl (C=O) groups excluding carboxylic acids is 3. The number of benzene rings is 1. The van der Waals surface area contributed by atoms with Crippen LogP contribution in [0, 0.1) is 13.8 Å². The SMILES string of the molecule is Cc1cc(Cl)ccc1O[C@H](C)C(=O)Nc1sc(C(=O)OC(C)C)c(C)c1C(N)=O. The molecule has 0 saturated heterocycles. The molecule has 7 nitrogen and oxygen atoms in total. The Morgan fingerprint density at radius 3 is 2.38 bits per heavy atom. The first-order valence-corrected chi connectivity index (χ1v) is 10.1. The van der Waals surface area contributed by atoms with Crippen LogP contribution in [0.3, 0.4) is 0 Å². The highest BCUT2D eigenvalue weighted by Gasteiger charge is 2.27. The van der Waals surface area contributed by atoms with Crippen LogP contribution < -0.4 is 15.8 Å². The van der Waals surface area contributed by atoms with E-state index < -0.39 is 23.9 Å². The fourth-order valence-electron chi connectivity index (χ4n) is 2.56. The largest absolute Gasteiger partial charge is 0.481 e. The van der Waals surface area contributed by atoms with Crippen molar-refractivity contribution in [2.45, 2.75) is 46.8 Å². The highest BCUT2D eigenvalue weighted by Crippen LogP contribution is 2.34. The quantitative estimate of drug-likeness (QED) is 0.633. The Balaban J connectivity index is 2.24. The Morgan fingerprint density at radius 2 is 1.83 bits per heavy atom. The molecule has 2 aromatic rings. The van der Waals surface area contributed by atoms with Gasteiger partial charge in [-0.25, -0.2) is 4.79 Å². The highest BCUT2D eigenvalue weighted by atomic mass is 35.5. The highest BCUT2D eigenvalue weighted by molar-refractivity contribution is 7.18. The molecule has 2 rings (SSSR count). The predicted octanol–water partition coefficient (Wildman–Crippen LogP) is 4.09. The molecule has 0 aliphatic carbocycles. The van der Waals surface area contributed by atoms with Gasteiger partial charge in [0.25, 0.3) is 11.8 Å². The van der Waals surface area contributed by atoms with E-state index >= 15 is 0 Å². The number of nitrogens with one attached hydrogen (secondary N) is 1. The minimum absolute atomic E-state index is 0.0777. The van der Waals surface area contributed by atoms with Gasteiger partial charge in [0.2, 0.25) is 0 Å². The number of esters is 1. The molecule has 9 heteroatoms. The molecule has 0 aliphatic rings. The van der Waals surface area contributed by atoms with Crippen molar-refractivity contribution in [3.63, 3.8) is 0 Å². The van der Waals surface area contributed by atoms with E-state index in [1.54, 1.807) is 45.9 Å². The second kappa shape index (κ2) is 9.28. The summed E-state index contributed by atoms with van der Waals surface area (Å²) >= 11 is 6.87. The summed E-state index contributed by atoms with van der Waals surface area (Å²) in [7, 11) is 0. The molecule has 2 amide bonds. The summed E-state index contributed by atoms with van der Waals surface area (Å²) in [5, 5.41) is 3.37. The van der Waals surface area contributed by atoms with Crippen LogP contribution in [0.15, 0.2) is 18.2 Å². The van der Waals surface area contributed by atoms with E-state index in [1.165, 1.54) is 0 Å². The van der Waals surface area contributed by atoms with Gasteiger partial charge in [-0.1, -0.05) is 11.6 Å². The zero-order chi connectivity index (χ0) is 21.9. The van der Waals surface area contributed by atoms with Crippen molar-refractivity contribution in [2.24, 2.45) is 5.73 Å². The molecule has 29 heavy (non-hydrogen) atoms. The number of rotatable bonds is 7. The van der Waals surface area contributed by atoms with Crippen molar-refractivity contribution in [1.82, 2.24) is 0 Å². The molecule has 0 saturated carbocycles. The summed E-state index contributed by atoms with van der Waals surface area (Å²) in [6, 6.07) is 5.06. The van der Waals surface area contributed by atoms with Gasteiger partial charge in [0.1, 0.15) is 15.6 Å². The number of carbonyl (C=O) groups is 3. The number of thiophene rings is 1. The van der Waals surface area contributed by atoms with Crippen molar-refractivity contribution in [3.8, 4) is 5.75 Å².